The molecule has 0 aromatic heterocycles. The fourth-order valence-corrected chi connectivity index (χ4v) is 2.16. The molecular weight excluding hydrogens is 263 g/mol. The Morgan fingerprint density at radius 3 is 2.64 bits per heavy atom. The second kappa shape index (κ2) is 5.59. The number of alkyl halides is 1. The van der Waals surface area contributed by atoms with E-state index < -0.39 is 0 Å². The highest BCUT2D eigenvalue weighted by Gasteiger charge is 2.16. The standard InChI is InChI=1S/C10H13BrN2.ClH/c11-10-8-13(7-6-12-10)9-4-2-1-3-5-9;/h1-5,10,12H,6-8H2;1H. The van der Waals surface area contributed by atoms with Gasteiger partial charge < -0.3 is 10.2 Å². The maximum Gasteiger partial charge on any atom is 0.0808 e. The third-order valence-corrected chi connectivity index (χ3v) is 2.86. The summed E-state index contributed by atoms with van der Waals surface area (Å²) in [4.78, 5) is 2.80. The Kier molecular flexibility index (Phi) is 4.72. The molecule has 0 saturated carbocycles. The lowest BCUT2D eigenvalue weighted by Crippen LogP contribution is -2.47. The molecule has 1 aliphatic rings. The van der Waals surface area contributed by atoms with E-state index >= 15 is 0 Å². The first-order valence-electron chi connectivity index (χ1n) is 4.54. The van der Waals surface area contributed by atoms with Gasteiger partial charge in [0.15, 0.2) is 0 Å². The van der Waals surface area contributed by atoms with E-state index in [-0.39, 0.29) is 12.4 Å². The minimum atomic E-state index is 0. The first-order valence-corrected chi connectivity index (χ1v) is 5.45. The summed E-state index contributed by atoms with van der Waals surface area (Å²) in [5, 5.41) is 3.36. The van der Waals surface area contributed by atoms with Gasteiger partial charge in [-0.05, 0) is 12.1 Å². The van der Waals surface area contributed by atoms with Crippen LogP contribution in [0.5, 0.6) is 0 Å². The van der Waals surface area contributed by atoms with E-state index in [0.29, 0.717) is 4.95 Å². The van der Waals surface area contributed by atoms with Gasteiger partial charge in [0.05, 0.1) is 4.95 Å². The van der Waals surface area contributed by atoms with Gasteiger partial charge in [-0.3, -0.25) is 0 Å². The summed E-state index contributed by atoms with van der Waals surface area (Å²) in [6, 6.07) is 10.5. The number of benzene rings is 1. The van der Waals surface area contributed by atoms with Gasteiger partial charge in [0.1, 0.15) is 0 Å². The molecule has 4 heteroatoms. The first-order chi connectivity index (χ1) is 6.36. The van der Waals surface area contributed by atoms with E-state index in [1.807, 2.05) is 0 Å². The Hall–Kier alpha value is -0.250. The normalized spacial score (nSPS) is 21.5. The number of nitrogens with zero attached hydrogens (tertiary/aromatic N) is 1. The highest BCUT2D eigenvalue weighted by Crippen LogP contribution is 2.16. The fourth-order valence-electron chi connectivity index (χ4n) is 1.58. The number of hydrogen-bond acceptors (Lipinski definition) is 2. The number of halogens is 2. The van der Waals surface area contributed by atoms with Crippen molar-refractivity contribution in [2.75, 3.05) is 24.5 Å². The molecule has 0 aliphatic carbocycles. The van der Waals surface area contributed by atoms with Crippen molar-refractivity contribution >= 4 is 34.0 Å². The molecule has 1 unspecified atom stereocenters. The van der Waals surface area contributed by atoms with Crippen LogP contribution in [0.1, 0.15) is 0 Å². The van der Waals surface area contributed by atoms with Gasteiger partial charge in [-0.25, -0.2) is 0 Å². The third kappa shape index (κ3) is 2.87. The fraction of sp³-hybridized carbons (Fsp3) is 0.400. The molecular formula is C10H14BrClN2. The van der Waals surface area contributed by atoms with E-state index in [1.54, 1.807) is 0 Å². The van der Waals surface area contributed by atoms with Crippen LogP contribution in [0.3, 0.4) is 0 Å². The molecule has 78 valence electrons. The van der Waals surface area contributed by atoms with E-state index in [1.165, 1.54) is 5.69 Å². The molecule has 1 heterocycles. The number of piperazine rings is 1. The van der Waals surface area contributed by atoms with E-state index in [4.69, 9.17) is 0 Å². The Balaban J connectivity index is 0.000000980. The molecule has 1 aliphatic heterocycles. The maximum atomic E-state index is 3.57. The summed E-state index contributed by atoms with van der Waals surface area (Å²) in [5.41, 5.74) is 1.31. The minimum Gasteiger partial charge on any atom is -0.368 e. The SMILES string of the molecule is BrC1CN(c2ccccc2)CCN1.Cl. The average molecular weight is 278 g/mol. The lowest BCUT2D eigenvalue weighted by atomic mass is 10.2. The number of rotatable bonds is 1. The molecule has 1 atom stereocenters. The van der Waals surface area contributed by atoms with Crippen molar-refractivity contribution in [2.24, 2.45) is 0 Å². The quantitative estimate of drug-likeness (QED) is 0.626. The Bertz CT molecular complexity index is 268. The highest BCUT2D eigenvalue weighted by atomic mass is 79.9. The van der Waals surface area contributed by atoms with Crippen LogP contribution in [0, 0.1) is 0 Å². The van der Waals surface area contributed by atoms with Crippen molar-refractivity contribution in [3.8, 4) is 0 Å². The van der Waals surface area contributed by atoms with Crippen molar-refractivity contribution < 1.29 is 0 Å². The van der Waals surface area contributed by atoms with E-state index in [2.05, 4.69) is 56.5 Å². The van der Waals surface area contributed by atoms with Crippen LogP contribution < -0.4 is 10.2 Å². The average Bonchev–Trinajstić information content (AvgIpc) is 2.19. The molecule has 1 aromatic carbocycles. The van der Waals surface area contributed by atoms with E-state index in [9.17, 15) is 0 Å². The van der Waals surface area contributed by atoms with Crippen molar-refractivity contribution in [3.63, 3.8) is 0 Å². The van der Waals surface area contributed by atoms with E-state index in [0.717, 1.165) is 19.6 Å². The molecule has 14 heavy (non-hydrogen) atoms. The largest absolute Gasteiger partial charge is 0.368 e. The van der Waals surface area contributed by atoms with Gasteiger partial charge in [-0.2, -0.15) is 0 Å². The van der Waals surface area contributed by atoms with Crippen LogP contribution in [0.15, 0.2) is 30.3 Å². The van der Waals surface area contributed by atoms with Gasteiger partial charge in [-0.15, -0.1) is 12.4 Å². The second-order valence-corrected chi connectivity index (χ2v) is 4.31. The lowest BCUT2D eigenvalue weighted by molar-refractivity contribution is 0.565. The topological polar surface area (TPSA) is 15.3 Å². The number of hydrogen-bond donors (Lipinski definition) is 1. The smallest absolute Gasteiger partial charge is 0.0808 e. The summed E-state index contributed by atoms with van der Waals surface area (Å²) < 4.78 is 0. The second-order valence-electron chi connectivity index (χ2n) is 3.20. The van der Waals surface area contributed by atoms with Gasteiger partial charge >= 0.3 is 0 Å². The lowest BCUT2D eigenvalue weighted by Gasteiger charge is -2.32. The van der Waals surface area contributed by atoms with Crippen LogP contribution in [-0.2, 0) is 0 Å². The van der Waals surface area contributed by atoms with Crippen molar-refractivity contribution in [3.05, 3.63) is 30.3 Å². The van der Waals surface area contributed by atoms with Crippen LogP contribution in [0.2, 0.25) is 0 Å². The molecule has 2 rings (SSSR count). The monoisotopic (exact) mass is 276 g/mol. The molecule has 1 aromatic rings. The number of nitrogens with one attached hydrogen (secondary N) is 1. The zero-order chi connectivity index (χ0) is 9.10. The molecule has 2 nitrogen and oxygen atoms in total. The van der Waals surface area contributed by atoms with Gasteiger partial charge in [0.25, 0.3) is 0 Å². The maximum absolute atomic E-state index is 3.57. The molecule has 1 N–H and O–H groups in total. The molecule has 0 radical (unpaired) electrons. The molecule has 1 saturated heterocycles. The Morgan fingerprint density at radius 1 is 1.29 bits per heavy atom. The van der Waals surface area contributed by atoms with Crippen LogP contribution in [0.25, 0.3) is 0 Å². The predicted molar refractivity (Wildman–Crippen MR) is 66.6 cm³/mol. The summed E-state index contributed by atoms with van der Waals surface area (Å²) in [6.45, 7) is 3.17. The van der Waals surface area contributed by atoms with Crippen LogP contribution in [-0.4, -0.2) is 24.6 Å². The summed E-state index contributed by atoms with van der Waals surface area (Å²) in [5.74, 6) is 0. The Labute approximate surface area is 99.2 Å². The van der Waals surface area contributed by atoms with Gasteiger partial charge in [0, 0.05) is 25.3 Å². The number of anilines is 1. The third-order valence-electron chi connectivity index (χ3n) is 2.25. The zero-order valence-corrected chi connectivity index (χ0v) is 10.2. The zero-order valence-electron chi connectivity index (χ0n) is 7.82. The summed E-state index contributed by atoms with van der Waals surface area (Å²) >= 11 is 3.57. The first kappa shape index (κ1) is 11.8. The minimum absolute atomic E-state index is 0. The van der Waals surface area contributed by atoms with Gasteiger partial charge in [-0.1, -0.05) is 34.1 Å². The van der Waals surface area contributed by atoms with Crippen molar-refractivity contribution in [1.29, 1.82) is 0 Å². The van der Waals surface area contributed by atoms with Crippen LogP contribution >= 0.6 is 28.3 Å². The molecule has 0 amide bonds. The molecule has 0 spiro atoms. The molecule has 1 fully saturated rings. The molecule has 0 bridgehead atoms. The van der Waals surface area contributed by atoms with Crippen molar-refractivity contribution in [1.82, 2.24) is 5.32 Å². The van der Waals surface area contributed by atoms with Crippen molar-refractivity contribution in [2.45, 2.75) is 4.95 Å². The predicted octanol–water partition coefficient (Wildman–Crippen LogP) is 2.24. The summed E-state index contributed by atoms with van der Waals surface area (Å²) in [7, 11) is 0. The van der Waals surface area contributed by atoms with Crippen LogP contribution in [0.4, 0.5) is 5.69 Å². The summed E-state index contributed by atoms with van der Waals surface area (Å²) in [6.07, 6.45) is 0. The highest BCUT2D eigenvalue weighted by molar-refractivity contribution is 9.09. The van der Waals surface area contributed by atoms with Gasteiger partial charge in [0.2, 0.25) is 0 Å². The number of para-hydroxylation sites is 1. The Morgan fingerprint density at radius 2 is 2.00 bits per heavy atom.